The van der Waals surface area contributed by atoms with Crippen molar-refractivity contribution in [1.82, 2.24) is 4.98 Å². The minimum absolute atomic E-state index is 0.192. The molecule has 0 saturated carbocycles. The first-order chi connectivity index (χ1) is 8.16. The van der Waals surface area contributed by atoms with Crippen LogP contribution >= 0.6 is 31.9 Å². The van der Waals surface area contributed by atoms with Crippen molar-refractivity contribution in [2.75, 3.05) is 5.32 Å². The highest BCUT2D eigenvalue weighted by Gasteiger charge is 2.10. The predicted octanol–water partition coefficient (Wildman–Crippen LogP) is 3.86. The normalized spacial score (nSPS) is 10.0. The molecule has 0 aliphatic carbocycles. The third kappa shape index (κ3) is 3.14. The van der Waals surface area contributed by atoms with Crippen LogP contribution in [0.25, 0.3) is 0 Å². The van der Waals surface area contributed by atoms with Crippen molar-refractivity contribution in [3.63, 3.8) is 0 Å². The first kappa shape index (κ1) is 12.3. The Kier molecular flexibility index (Phi) is 3.91. The van der Waals surface area contributed by atoms with E-state index in [0.29, 0.717) is 10.2 Å². The molecule has 0 fully saturated rings. The van der Waals surface area contributed by atoms with E-state index in [1.807, 2.05) is 24.3 Å². The Morgan fingerprint density at radius 2 is 2.00 bits per heavy atom. The lowest BCUT2D eigenvalue weighted by Crippen LogP contribution is -2.12. The highest BCUT2D eigenvalue weighted by Crippen LogP contribution is 2.18. The number of anilines is 1. The van der Waals surface area contributed by atoms with Gasteiger partial charge in [-0.3, -0.25) is 4.79 Å². The monoisotopic (exact) mass is 354 g/mol. The molecule has 0 spiro atoms. The average molecular weight is 356 g/mol. The minimum atomic E-state index is -0.192. The minimum Gasteiger partial charge on any atom is -0.322 e. The fraction of sp³-hybridized carbons (Fsp3) is 0. The van der Waals surface area contributed by atoms with Gasteiger partial charge in [0.15, 0.2) is 0 Å². The Morgan fingerprint density at radius 1 is 1.18 bits per heavy atom. The van der Waals surface area contributed by atoms with Crippen LogP contribution in [0.4, 0.5) is 5.69 Å². The largest absolute Gasteiger partial charge is 0.322 e. The zero-order valence-corrected chi connectivity index (χ0v) is 11.8. The quantitative estimate of drug-likeness (QED) is 0.831. The van der Waals surface area contributed by atoms with Gasteiger partial charge in [0.05, 0.1) is 5.56 Å². The number of halogens is 2. The van der Waals surface area contributed by atoms with Gasteiger partial charge in [0, 0.05) is 16.4 Å². The summed E-state index contributed by atoms with van der Waals surface area (Å²) in [6.07, 6.45) is 1.62. The van der Waals surface area contributed by atoms with Gasteiger partial charge in [0.25, 0.3) is 5.91 Å². The number of nitrogens with one attached hydrogen (secondary N) is 1. The topological polar surface area (TPSA) is 42.0 Å². The van der Waals surface area contributed by atoms with Crippen molar-refractivity contribution in [3.05, 3.63) is 57.2 Å². The Morgan fingerprint density at radius 3 is 2.71 bits per heavy atom. The van der Waals surface area contributed by atoms with Crippen molar-refractivity contribution in [1.29, 1.82) is 0 Å². The maximum atomic E-state index is 11.9. The molecule has 2 rings (SSSR count). The number of amides is 1. The Bertz CT molecular complexity index is 558. The van der Waals surface area contributed by atoms with Crippen LogP contribution in [0.5, 0.6) is 0 Å². The van der Waals surface area contributed by atoms with Crippen LogP contribution in [0.15, 0.2) is 51.7 Å². The molecule has 1 heterocycles. The summed E-state index contributed by atoms with van der Waals surface area (Å²) in [5.74, 6) is -0.192. The smallest absolute Gasteiger partial charge is 0.258 e. The van der Waals surface area contributed by atoms with Crippen LogP contribution in [0.1, 0.15) is 10.4 Å². The van der Waals surface area contributed by atoms with E-state index < -0.39 is 0 Å². The number of pyridine rings is 1. The summed E-state index contributed by atoms with van der Waals surface area (Å²) in [5.41, 5.74) is 1.24. The van der Waals surface area contributed by atoms with Crippen LogP contribution in [-0.4, -0.2) is 10.9 Å². The lowest BCUT2D eigenvalue weighted by molar-refractivity contribution is 0.102. The standard InChI is InChI=1S/C12H8Br2N2O/c13-8-3-1-4-9(7-8)16-12(17)10-5-2-6-15-11(10)14/h1-7H,(H,16,17). The number of carbonyl (C=O) groups excluding carboxylic acids is 1. The van der Waals surface area contributed by atoms with Crippen molar-refractivity contribution in [2.45, 2.75) is 0 Å². The molecule has 5 heteroatoms. The van der Waals surface area contributed by atoms with Gasteiger partial charge in [-0.25, -0.2) is 4.98 Å². The molecule has 1 N–H and O–H groups in total. The molecule has 1 amide bonds. The summed E-state index contributed by atoms with van der Waals surface area (Å²) in [7, 11) is 0. The maximum absolute atomic E-state index is 11.9. The number of hydrogen-bond acceptors (Lipinski definition) is 2. The summed E-state index contributed by atoms with van der Waals surface area (Å²) < 4.78 is 1.45. The van der Waals surface area contributed by atoms with E-state index in [-0.39, 0.29) is 5.91 Å². The van der Waals surface area contributed by atoms with E-state index >= 15 is 0 Å². The second-order valence-corrected chi connectivity index (χ2v) is 4.97. The molecular weight excluding hydrogens is 348 g/mol. The second kappa shape index (κ2) is 5.42. The summed E-state index contributed by atoms with van der Waals surface area (Å²) in [6.45, 7) is 0. The zero-order valence-electron chi connectivity index (χ0n) is 8.65. The lowest BCUT2D eigenvalue weighted by Gasteiger charge is -2.06. The number of benzene rings is 1. The Hall–Kier alpha value is -1.20. The van der Waals surface area contributed by atoms with E-state index in [4.69, 9.17) is 0 Å². The third-order valence-corrected chi connectivity index (χ3v) is 3.21. The van der Waals surface area contributed by atoms with Crippen LogP contribution in [0, 0.1) is 0 Å². The number of carbonyl (C=O) groups is 1. The van der Waals surface area contributed by atoms with Crippen LogP contribution in [0.3, 0.4) is 0 Å². The number of hydrogen-bond donors (Lipinski definition) is 1. The van der Waals surface area contributed by atoms with E-state index in [0.717, 1.165) is 10.2 Å². The Labute approximate surface area is 116 Å². The molecule has 0 bridgehead atoms. The summed E-state index contributed by atoms with van der Waals surface area (Å²) in [5, 5.41) is 2.80. The van der Waals surface area contributed by atoms with Gasteiger partial charge in [-0.1, -0.05) is 22.0 Å². The summed E-state index contributed by atoms with van der Waals surface area (Å²) in [6, 6.07) is 10.9. The Balaban J connectivity index is 2.20. The number of nitrogens with zero attached hydrogens (tertiary/aromatic N) is 1. The molecule has 86 valence electrons. The third-order valence-electron chi connectivity index (χ3n) is 2.09. The van der Waals surface area contributed by atoms with Crippen LogP contribution < -0.4 is 5.32 Å². The molecular formula is C12H8Br2N2O. The molecule has 0 atom stereocenters. The molecule has 0 unspecified atom stereocenters. The average Bonchev–Trinajstić information content (AvgIpc) is 2.29. The first-order valence-corrected chi connectivity index (χ1v) is 6.43. The van der Waals surface area contributed by atoms with Gasteiger partial charge in [-0.05, 0) is 46.3 Å². The van der Waals surface area contributed by atoms with Crippen LogP contribution in [-0.2, 0) is 0 Å². The van der Waals surface area contributed by atoms with Crippen molar-refractivity contribution >= 4 is 43.5 Å². The van der Waals surface area contributed by atoms with Gasteiger partial charge in [-0.2, -0.15) is 0 Å². The molecule has 0 radical (unpaired) electrons. The van der Waals surface area contributed by atoms with Crippen molar-refractivity contribution < 1.29 is 4.79 Å². The molecule has 0 aliphatic heterocycles. The molecule has 1 aromatic carbocycles. The van der Waals surface area contributed by atoms with Gasteiger partial charge >= 0.3 is 0 Å². The van der Waals surface area contributed by atoms with Crippen LogP contribution in [0.2, 0.25) is 0 Å². The van der Waals surface area contributed by atoms with Gasteiger partial charge in [0.2, 0.25) is 0 Å². The van der Waals surface area contributed by atoms with E-state index in [9.17, 15) is 4.79 Å². The molecule has 17 heavy (non-hydrogen) atoms. The molecule has 3 nitrogen and oxygen atoms in total. The summed E-state index contributed by atoms with van der Waals surface area (Å²) >= 11 is 6.59. The predicted molar refractivity (Wildman–Crippen MR) is 74.0 cm³/mol. The summed E-state index contributed by atoms with van der Waals surface area (Å²) in [4.78, 5) is 16.0. The van der Waals surface area contributed by atoms with E-state index in [1.165, 1.54) is 0 Å². The highest BCUT2D eigenvalue weighted by molar-refractivity contribution is 9.10. The SMILES string of the molecule is O=C(Nc1cccc(Br)c1)c1cccnc1Br. The zero-order chi connectivity index (χ0) is 12.3. The fourth-order valence-corrected chi connectivity index (χ4v) is 2.15. The molecule has 0 aliphatic rings. The second-order valence-electron chi connectivity index (χ2n) is 3.31. The first-order valence-electron chi connectivity index (χ1n) is 4.84. The van der Waals surface area contributed by atoms with Gasteiger partial charge < -0.3 is 5.32 Å². The lowest BCUT2D eigenvalue weighted by atomic mass is 10.2. The maximum Gasteiger partial charge on any atom is 0.258 e. The molecule has 2 aromatic rings. The fourth-order valence-electron chi connectivity index (χ4n) is 1.32. The number of rotatable bonds is 2. The highest BCUT2D eigenvalue weighted by atomic mass is 79.9. The van der Waals surface area contributed by atoms with E-state index in [1.54, 1.807) is 18.3 Å². The van der Waals surface area contributed by atoms with Crippen molar-refractivity contribution in [2.24, 2.45) is 0 Å². The van der Waals surface area contributed by atoms with E-state index in [2.05, 4.69) is 42.2 Å². The van der Waals surface area contributed by atoms with Gasteiger partial charge in [0.1, 0.15) is 4.60 Å². The van der Waals surface area contributed by atoms with Crippen molar-refractivity contribution in [3.8, 4) is 0 Å². The molecule has 1 aromatic heterocycles. The van der Waals surface area contributed by atoms with Gasteiger partial charge in [-0.15, -0.1) is 0 Å². The molecule has 0 saturated heterocycles. The number of aromatic nitrogens is 1.